The van der Waals surface area contributed by atoms with Crippen molar-refractivity contribution in [2.45, 2.75) is 26.3 Å². The summed E-state index contributed by atoms with van der Waals surface area (Å²) in [6, 6.07) is 6.23. The highest BCUT2D eigenvalue weighted by molar-refractivity contribution is 9.10. The molecule has 2 nitrogen and oxygen atoms in total. The van der Waals surface area contributed by atoms with E-state index in [9.17, 15) is 0 Å². The van der Waals surface area contributed by atoms with Gasteiger partial charge in [0.2, 0.25) is 0 Å². The molecule has 1 unspecified atom stereocenters. The fraction of sp³-hybridized carbons (Fsp3) is 0.571. The maximum atomic E-state index is 5.22. The molecule has 0 radical (unpaired) electrons. The number of methoxy groups -OCH3 is 1. The van der Waals surface area contributed by atoms with Crippen LogP contribution in [0.1, 0.15) is 25.3 Å². The molecule has 0 amide bonds. The molecule has 1 aliphatic carbocycles. The molecular weight excluding hydrogens is 278 g/mol. The smallest absolute Gasteiger partial charge is 0.133 e. The van der Waals surface area contributed by atoms with Gasteiger partial charge in [-0.3, -0.25) is 0 Å². The molecule has 3 heteroatoms. The SMILES string of the molecule is COc1ccc(CNCC(C)C2CC2)cc1Br. The van der Waals surface area contributed by atoms with Crippen LogP contribution >= 0.6 is 15.9 Å². The van der Waals surface area contributed by atoms with E-state index in [0.717, 1.165) is 35.1 Å². The molecule has 1 aromatic rings. The third-order valence-corrected chi connectivity index (χ3v) is 4.06. The maximum Gasteiger partial charge on any atom is 0.133 e. The molecule has 94 valence electrons. The van der Waals surface area contributed by atoms with Crippen LogP contribution in [-0.4, -0.2) is 13.7 Å². The standard InChI is InChI=1S/C14H20BrNO/c1-10(12-4-5-12)8-16-9-11-3-6-14(17-2)13(15)7-11/h3,6-7,10,12,16H,4-5,8-9H2,1-2H3. The van der Waals surface area contributed by atoms with E-state index < -0.39 is 0 Å². The average Bonchev–Trinajstić information content (AvgIpc) is 3.13. The van der Waals surface area contributed by atoms with Crippen molar-refractivity contribution in [1.82, 2.24) is 5.32 Å². The summed E-state index contributed by atoms with van der Waals surface area (Å²) in [5.74, 6) is 2.68. The number of ether oxygens (including phenoxy) is 1. The van der Waals surface area contributed by atoms with E-state index in [4.69, 9.17) is 4.74 Å². The normalized spacial score (nSPS) is 16.9. The van der Waals surface area contributed by atoms with Gasteiger partial charge < -0.3 is 10.1 Å². The first-order valence-electron chi connectivity index (χ1n) is 6.24. The van der Waals surface area contributed by atoms with Gasteiger partial charge in [0.15, 0.2) is 0 Å². The average molecular weight is 298 g/mol. The zero-order chi connectivity index (χ0) is 12.3. The van der Waals surface area contributed by atoms with Gasteiger partial charge in [0.05, 0.1) is 11.6 Å². The van der Waals surface area contributed by atoms with Gasteiger partial charge in [-0.2, -0.15) is 0 Å². The summed E-state index contributed by atoms with van der Waals surface area (Å²) >= 11 is 3.51. The van der Waals surface area contributed by atoms with Crippen LogP contribution in [0.4, 0.5) is 0 Å². The second-order valence-electron chi connectivity index (χ2n) is 4.91. The van der Waals surface area contributed by atoms with Crippen LogP contribution in [-0.2, 0) is 6.54 Å². The number of benzene rings is 1. The van der Waals surface area contributed by atoms with Gasteiger partial charge in [-0.15, -0.1) is 0 Å². The van der Waals surface area contributed by atoms with E-state index in [2.05, 4.69) is 40.3 Å². The molecule has 0 bridgehead atoms. The highest BCUT2D eigenvalue weighted by Gasteiger charge is 2.27. The van der Waals surface area contributed by atoms with E-state index in [1.165, 1.54) is 18.4 Å². The van der Waals surface area contributed by atoms with Crippen molar-refractivity contribution < 1.29 is 4.74 Å². The van der Waals surface area contributed by atoms with Gasteiger partial charge in [-0.05, 0) is 64.8 Å². The lowest BCUT2D eigenvalue weighted by Crippen LogP contribution is -2.21. The van der Waals surface area contributed by atoms with Crippen molar-refractivity contribution in [1.29, 1.82) is 0 Å². The largest absolute Gasteiger partial charge is 0.496 e. The fourth-order valence-corrected chi connectivity index (χ4v) is 2.68. The van der Waals surface area contributed by atoms with E-state index in [-0.39, 0.29) is 0 Å². The summed E-state index contributed by atoms with van der Waals surface area (Å²) in [4.78, 5) is 0. The molecule has 0 aromatic heterocycles. The van der Waals surface area contributed by atoms with Crippen LogP contribution < -0.4 is 10.1 Å². The molecule has 1 atom stereocenters. The highest BCUT2D eigenvalue weighted by atomic mass is 79.9. The molecular formula is C14H20BrNO. The lowest BCUT2D eigenvalue weighted by Gasteiger charge is -2.12. The summed E-state index contributed by atoms with van der Waals surface area (Å²) in [5.41, 5.74) is 1.29. The van der Waals surface area contributed by atoms with Crippen LogP contribution in [0.5, 0.6) is 5.75 Å². The van der Waals surface area contributed by atoms with E-state index in [0.29, 0.717) is 0 Å². The molecule has 0 aliphatic heterocycles. The number of nitrogens with one attached hydrogen (secondary N) is 1. The Kier molecular flexibility index (Phi) is 4.46. The van der Waals surface area contributed by atoms with Gasteiger partial charge in [0, 0.05) is 6.54 Å². The molecule has 17 heavy (non-hydrogen) atoms. The zero-order valence-electron chi connectivity index (χ0n) is 10.5. The second-order valence-corrected chi connectivity index (χ2v) is 5.77. The Labute approximate surface area is 112 Å². The maximum absolute atomic E-state index is 5.22. The van der Waals surface area contributed by atoms with Crippen molar-refractivity contribution in [3.05, 3.63) is 28.2 Å². The Hall–Kier alpha value is -0.540. The number of rotatable bonds is 6. The van der Waals surface area contributed by atoms with Crippen LogP contribution in [0, 0.1) is 11.8 Å². The first kappa shape index (κ1) is 12.9. The van der Waals surface area contributed by atoms with Crippen molar-refractivity contribution in [3.63, 3.8) is 0 Å². The van der Waals surface area contributed by atoms with Crippen molar-refractivity contribution in [2.75, 3.05) is 13.7 Å². The zero-order valence-corrected chi connectivity index (χ0v) is 12.1. The van der Waals surface area contributed by atoms with Gasteiger partial charge in [-0.1, -0.05) is 13.0 Å². The minimum Gasteiger partial charge on any atom is -0.496 e. The third-order valence-electron chi connectivity index (χ3n) is 3.44. The molecule has 1 aliphatic rings. The molecule has 1 fully saturated rings. The minimum atomic E-state index is 0.816. The number of hydrogen-bond donors (Lipinski definition) is 1. The summed E-state index contributed by atoms with van der Waals surface area (Å²) in [6.07, 6.45) is 2.86. The molecule has 1 N–H and O–H groups in total. The molecule has 2 rings (SSSR count). The summed E-state index contributed by atoms with van der Waals surface area (Å²) in [6.45, 7) is 4.39. The molecule has 0 spiro atoms. The van der Waals surface area contributed by atoms with Crippen LogP contribution in [0.25, 0.3) is 0 Å². The van der Waals surface area contributed by atoms with Crippen LogP contribution in [0.2, 0.25) is 0 Å². The minimum absolute atomic E-state index is 0.816. The lowest BCUT2D eigenvalue weighted by molar-refractivity contribution is 0.411. The Morgan fingerprint density at radius 1 is 1.47 bits per heavy atom. The Bertz CT molecular complexity index is 376. The Balaban J connectivity index is 1.80. The van der Waals surface area contributed by atoms with E-state index in [1.54, 1.807) is 7.11 Å². The first-order chi connectivity index (χ1) is 8.20. The predicted molar refractivity (Wildman–Crippen MR) is 74.3 cm³/mol. The quantitative estimate of drug-likeness (QED) is 0.866. The Morgan fingerprint density at radius 3 is 2.82 bits per heavy atom. The Morgan fingerprint density at radius 2 is 2.24 bits per heavy atom. The first-order valence-corrected chi connectivity index (χ1v) is 7.03. The van der Waals surface area contributed by atoms with Crippen molar-refractivity contribution in [3.8, 4) is 5.75 Å². The second kappa shape index (κ2) is 5.87. The van der Waals surface area contributed by atoms with Gasteiger partial charge >= 0.3 is 0 Å². The van der Waals surface area contributed by atoms with Gasteiger partial charge in [0.1, 0.15) is 5.75 Å². The van der Waals surface area contributed by atoms with E-state index in [1.807, 2.05) is 6.07 Å². The molecule has 1 saturated carbocycles. The summed E-state index contributed by atoms with van der Waals surface area (Å²) in [5, 5.41) is 3.53. The topological polar surface area (TPSA) is 21.3 Å². The van der Waals surface area contributed by atoms with Crippen LogP contribution in [0.15, 0.2) is 22.7 Å². The van der Waals surface area contributed by atoms with Crippen molar-refractivity contribution >= 4 is 15.9 Å². The monoisotopic (exact) mass is 297 g/mol. The van der Waals surface area contributed by atoms with Crippen LogP contribution in [0.3, 0.4) is 0 Å². The predicted octanol–water partition coefficient (Wildman–Crippen LogP) is 3.59. The fourth-order valence-electron chi connectivity index (χ4n) is 2.10. The third kappa shape index (κ3) is 3.71. The highest BCUT2D eigenvalue weighted by Crippen LogP contribution is 2.36. The van der Waals surface area contributed by atoms with Gasteiger partial charge in [-0.25, -0.2) is 0 Å². The lowest BCUT2D eigenvalue weighted by atomic mass is 10.1. The summed E-state index contributed by atoms with van der Waals surface area (Å²) in [7, 11) is 1.69. The molecule has 0 heterocycles. The van der Waals surface area contributed by atoms with E-state index >= 15 is 0 Å². The van der Waals surface area contributed by atoms with Crippen molar-refractivity contribution in [2.24, 2.45) is 11.8 Å². The number of hydrogen-bond acceptors (Lipinski definition) is 2. The summed E-state index contributed by atoms with van der Waals surface area (Å²) < 4.78 is 6.24. The molecule has 0 saturated heterocycles. The molecule has 1 aromatic carbocycles. The van der Waals surface area contributed by atoms with Gasteiger partial charge in [0.25, 0.3) is 0 Å². The number of halogens is 1.